The lowest BCUT2D eigenvalue weighted by Crippen LogP contribution is -2.47. The number of hydrogen-bond acceptors (Lipinski definition) is 5. The molecule has 2 aromatic carbocycles. The Labute approximate surface area is 222 Å². The topological polar surface area (TPSA) is 65.5 Å². The first-order chi connectivity index (χ1) is 18.5. The number of ether oxygens (including phenoxy) is 1. The minimum atomic E-state index is -0.514. The van der Waals surface area contributed by atoms with Crippen molar-refractivity contribution in [2.45, 2.75) is 38.1 Å². The van der Waals surface area contributed by atoms with Gasteiger partial charge < -0.3 is 9.64 Å². The number of benzene rings is 2. The van der Waals surface area contributed by atoms with Crippen molar-refractivity contribution in [1.82, 2.24) is 14.8 Å². The molecule has 3 aliphatic rings. The standard InChI is InChI=1S/C29H34F2N4O3/c30-23-11-9-21(10-12-23)27-19-26(24-7-3-4-8-25(24)31)32-35(27)28(36)20-34(29(37)22-5-1-2-6-22)14-13-33-15-17-38-18-16-33/h3-4,7-12,22,27H,1-2,5-6,13-20H2/t27-/m1/s1. The Morgan fingerprint density at radius 3 is 2.42 bits per heavy atom. The van der Waals surface area contributed by atoms with Crippen LogP contribution in [0, 0.1) is 17.6 Å². The minimum absolute atomic E-state index is 0.0138. The Bertz CT molecular complexity index is 1160. The Balaban J connectivity index is 1.38. The summed E-state index contributed by atoms with van der Waals surface area (Å²) in [6.45, 7) is 3.93. The number of carbonyl (C=O) groups is 2. The monoisotopic (exact) mass is 524 g/mol. The van der Waals surface area contributed by atoms with Crippen molar-refractivity contribution in [1.29, 1.82) is 0 Å². The lowest BCUT2D eigenvalue weighted by Gasteiger charge is -2.32. The molecule has 1 atom stereocenters. The van der Waals surface area contributed by atoms with Gasteiger partial charge in [-0.05, 0) is 36.6 Å². The third kappa shape index (κ3) is 6.10. The van der Waals surface area contributed by atoms with Crippen LogP contribution in [0.2, 0.25) is 0 Å². The summed E-state index contributed by atoms with van der Waals surface area (Å²) < 4.78 is 33.7. The van der Waals surface area contributed by atoms with Crippen LogP contribution in [0.5, 0.6) is 0 Å². The van der Waals surface area contributed by atoms with E-state index in [9.17, 15) is 18.4 Å². The molecule has 0 unspecified atom stereocenters. The van der Waals surface area contributed by atoms with Gasteiger partial charge in [-0.15, -0.1) is 0 Å². The van der Waals surface area contributed by atoms with Gasteiger partial charge in [-0.3, -0.25) is 14.5 Å². The quantitative estimate of drug-likeness (QED) is 0.524. The molecule has 0 N–H and O–H groups in total. The van der Waals surface area contributed by atoms with Crippen LogP contribution in [0.15, 0.2) is 53.6 Å². The number of carbonyl (C=O) groups excluding carboxylic acids is 2. The highest BCUT2D eigenvalue weighted by atomic mass is 19.1. The molecule has 38 heavy (non-hydrogen) atoms. The van der Waals surface area contributed by atoms with E-state index >= 15 is 0 Å². The predicted molar refractivity (Wildman–Crippen MR) is 139 cm³/mol. The Morgan fingerprint density at radius 2 is 1.71 bits per heavy atom. The summed E-state index contributed by atoms with van der Waals surface area (Å²) in [5.41, 5.74) is 1.49. The SMILES string of the molecule is O=C(C1CCCC1)N(CCN1CCOCC1)CC(=O)N1N=C(c2ccccc2F)C[C@@H]1c1ccc(F)cc1. The molecule has 1 saturated carbocycles. The van der Waals surface area contributed by atoms with Gasteiger partial charge in [0.1, 0.15) is 18.2 Å². The molecule has 1 aliphatic carbocycles. The number of hydrazone groups is 1. The fourth-order valence-corrected chi connectivity index (χ4v) is 5.56. The van der Waals surface area contributed by atoms with Crippen molar-refractivity contribution < 1.29 is 23.1 Å². The highest BCUT2D eigenvalue weighted by Crippen LogP contribution is 2.34. The third-order valence-electron chi connectivity index (χ3n) is 7.74. The van der Waals surface area contributed by atoms with Gasteiger partial charge in [0, 0.05) is 44.1 Å². The zero-order valence-electron chi connectivity index (χ0n) is 21.5. The number of halogens is 2. The Hall–Kier alpha value is -3.17. The van der Waals surface area contributed by atoms with E-state index in [0.717, 1.165) is 38.8 Å². The van der Waals surface area contributed by atoms with Gasteiger partial charge in [-0.1, -0.05) is 43.2 Å². The lowest BCUT2D eigenvalue weighted by molar-refractivity contribution is -0.144. The number of amides is 2. The van der Waals surface area contributed by atoms with Gasteiger partial charge in [-0.2, -0.15) is 5.10 Å². The van der Waals surface area contributed by atoms with Crippen molar-refractivity contribution in [2.24, 2.45) is 11.0 Å². The Kier molecular flexibility index (Phi) is 8.44. The second kappa shape index (κ2) is 12.1. The molecular weight excluding hydrogens is 490 g/mol. The van der Waals surface area contributed by atoms with Crippen molar-refractivity contribution in [3.8, 4) is 0 Å². The van der Waals surface area contributed by atoms with E-state index < -0.39 is 11.9 Å². The van der Waals surface area contributed by atoms with Crippen LogP contribution in [0.4, 0.5) is 8.78 Å². The van der Waals surface area contributed by atoms with E-state index in [1.54, 1.807) is 35.2 Å². The molecule has 7 nitrogen and oxygen atoms in total. The van der Waals surface area contributed by atoms with E-state index in [1.807, 2.05) is 0 Å². The number of nitrogens with zero attached hydrogens (tertiary/aromatic N) is 4. The first-order valence-electron chi connectivity index (χ1n) is 13.5. The molecule has 2 amide bonds. The van der Waals surface area contributed by atoms with Crippen LogP contribution in [0.3, 0.4) is 0 Å². The molecule has 5 rings (SSSR count). The third-order valence-corrected chi connectivity index (χ3v) is 7.74. The normalized spacial score (nSPS) is 20.5. The van der Waals surface area contributed by atoms with Gasteiger partial charge in [0.2, 0.25) is 5.91 Å². The van der Waals surface area contributed by atoms with Crippen LogP contribution in [0.1, 0.15) is 49.3 Å². The fraction of sp³-hybridized carbons (Fsp3) is 0.483. The van der Waals surface area contributed by atoms with Crippen LogP contribution >= 0.6 is 0 Å². The highest BCUT2D eigenvalue weighted by molar-refractivity contribution is 6.03. The summed E-state index contributed by atoms with van der Waals surface area (Å²) >= 11 is 0. The average molecular weight is 525 g/mol. The molecule has 2 fully saturated rings. The maximum absolute atomic E-state index is 14.6. The van der Waals surface area contributed by atoms with Gasteiger partial charge in [0.05, 0.1) is 25.0 Å². The molecule has 0 radical (unpaired) electrons. The van der Waals surface area contributed by atoms with Crippen LogP contribution in [-0.2, 0) is 14.3 Å². The molecule has 2 heterocycles. The summed E-state index contributed by atoms with van der Waals surface area (Å²) in [5.74, 6) is -1.17. The smallest absolute Gasteiger partial charge is 0.262 e. The maximum Gasteiger partial charge on any atom is 0.262 e. The fourth-order valence-electron chi connectivity index (χ4n) is 5.56. The van der Waals surface area contributed by atoms with Gasteiger partial charge >= 0.3 is 0 Å². The highest BCUT2D eigenvalue weighted by Gasteiger charge is 2.36. The molecule has 1 saturated heterocycles. The van der Waals surface area contributed by atoms with Crippen molar-refractivity contribution in [2.75, 3.05) is 45.9 Å². The summed E-state index contributed by atoms with van der Waals surface area (Å²) in [6.07, 6.45) is 4.03. The van der Waals surface area contributed by atoms with Gasteiger partial charge in [0.25, 0.3) is 5.91 Å². The average Bonchev–Trinajstić information content (AvgIpc) is 3.63. The van der Waals surface area contributed by atoms with Crippen LogP contribution < -0.4 is 0 Å². The molecule has 0 spiro atoms. The van der Waals surface area contributed by atoms with Crippen molar-refractivity contribution >= 4 is 17.5 Å². The molecule has 0 bridgehead atoms. The number of rotatable bonds is 8. The number of hydrogen-bond donors (Lipinski definition) is 0. The summed E-state index contributed by atoms with van der Waals surface area (Å²) in [6, 6.07) is 11.8. The van der Waals surface area contributed by atoms with Gasteiger partial charge in [-0.25, -0.2) is 13.8 Å². The van der Waals surface area contributed by atoms with E-state index in [0.29, 0.717) is 49.6 Å². The first kappa shape index (κ1) is 26.4. The molecule has 9 heteroatoms. The van der Waals surface area contributed by atoms with E-state index in [4.69, 9.17) is 4.74 Å². The summed E-state index contributed by atoms with van der Waals surface area (Å²) in [5, 5.41) is 5.92. The molecular formula is C29H34F2N4O3. The second-order valence-corrected chi connectivity index (χ2v) is 10.2. The summed E-state index contributed by atoms with van der Waals surface area (Å²) in [7, 11) is 0. The number of morpholine rings is 1. The minimum Gasteiger partial charge on any atom is -0.379 e. The maximum atomic E-state index is 14.6. The second-order valence-electron chi connectivity index (χ2n) is 10.2. The largest absolute Gasteiger partial charge is 0.379 e. The Morgan fingerprint density at radius 1 is 1.00 bits per heavy atom. The van der Waals surface area contributed by atoms with Crippen LogP contribution in [-0.4, -0.2) is 78.3 Å². The van der Waals surface area contributed by atoms with Crippen molar-refractivity contribution in [3.05, 3.63) is 71.3 Å². The van der Waals surface area contributed by atoms with Gasteiger partial charge in [0.15, 0.2) is 0 Å². The molecule has 2 aliphatic heterocycles. The zero-order valence-corrected chi connectivity index (χ0v) is 21.5. The predicted octanol–water partition coefficient (Wildman–Crippen LogP) is 3.99. The first-order valence-corrected chi connectivity index (χ1v) is 13.5. The molecule has 0 aromatic heterocycles. The summed E-state index contributed by atoms with van der Waals surface area (Å²) in [4.78, 5) is 31.2. The van der Waals surface area contributed by atoms with Crippen molar-refractivity contribution in [3.63, 3.8) is 0 Å². The molecule has 202 valence electrons. The van der Waals surface area contributed by atoms with Crippen LogP contribution in [0.25, 0.3) is 0 Å². The van der Waals surface area contributed by atoms with E-state index in [-0.39, 0.29) is 30.1 Å². The zero-order chi connectivity index (χ0) is 26.5. The van der Waals surface area contributed by atoms with E-state index in [1.165, 1.54) is 23.2 Å². The lowest BCUT2D eigenvalue weighted by atomic mass is 9.98. The van der Waals surface area contributed by atoms with E-state index in [2.05, 4.69) is 10.0 Å². The molecule has 2 aromatic rings.